The molecule has 0 aromatic heterocycles. The predicted molar refractivity (Wildman–Crippen MR) is 91.6 cm³/mol. The molecule has 0 heterocycles. The highest BCUT2D eigenvalue weighted by Crippen LogP contribution is 2.25. The molecule has 2 aromatic carbocycles. The molecule has 0 spiro atoms. The maximum absolute atomic E-state index is 6.21. The third-order valence-electron chi connectivity index (χ3n) is 3.25. The van der Waals surface area contributed by atoms with E-state index in [-0.39, 0.29) is 5.41 Å². The molecular formula is C17H19BrClN. The highest BCUT2D eigenvalue weighted by atomic mass is 79.9. The van der Waals surface area contributed by atoms with Gasteiger partial charge in [-0.1, -0.05) is 66.5 Å². The van der Waals surface area contributed by atoms with E-state index >= 15 is 0 Å². The summed E-state index contributed by atoms with van der Waals surface area (Å²) in [7, 11) is 0. The number of anilines is 1. The van der Waals surface area contributed by atoms with Crippen LogP contribution in [0.2, 0.25) is 5.02 Å². The third-order valence-corrected chi connectivity index (χ3v) is 4.09. The van der Waals surface area contributed by atoms with Crippen molar-refractivity contribution in [3.05, 3.63) is 63.1 Å². The molecule has 0 saturated heterocycles. The number of rotatable bonds is 3. The van der Waals surface area contributed by atoms with Crippen molar-refractivity contribution in [2.75, 3.05) is 5.32 Å². The Labute approximate surface area is 134 Å². The van der Waals surface area contributed by atoms with Crippen molar-refractivity contribution in [2.24, 2.45) is 0 Å². The van der Waals surface area contributed by atoms with Crippen molar-refractivity contribution in [1.82, 2.24) is 0 Å². The zero-order chi connectivity index (χ0) is 14.8. The van der Waals surface area contributed by atoms with Crippen LogP contribution in [0.15, 0.2) is 46.9 Å². The maximum atomic E-state index is 6.21. The van der Waals surface area contributed by atoms with Crippen LogP contribution in [0, 0.1) is 0 Å². The van der Waals surface area contributed by atoms with E-state index in [9.17, 15) is 0 Å². The summed E-state index contributed by atoms with van der Waals surface area (Å²) in [6.07, 6.45) is 0. The van der Waals surface area contributed by atoms with Crippen molar-refractivity contribution < 1.29 is 0 Å². The van der Waals surface area contributed by atoms with Crippen molar-refractivity contribution >= 4 is 33.2 Å². The summed E-state index contributed by atoms with van der Waals surface area (Å²) >= 11 is 9.62. The molecule has 0 saturated carbocycles. The summed E-state index contributed by atoms with van der Waals surface area (Å²) in [5.74, 6) is 0. The Morgan fingerprint density at radius 2 is 1.70 bits per heavy atom. The van der Waals surface area contributed by atoms with Gasteiger partial charge in [0.05, 0.1) is 0 Å². The van der Waals surface area contributed by atoms with Gasteiger partial charge in [-0.15, -0.1) is 0 Å². The fourth-order valence-electron chi connectivity index (χ4n) is 1.95. The van der Waals surface area contributed by atoms with Crippen LogP contribution in [0.25, 0.3) is 0 Å². The zero-order valence-electron chi connectivity index (χ0n) is 12.0. The van der Waals surface area contributed by atoms with Crippen molar-refractivity contribution in [1.29, 1.82) is 0 Å². The van der Waals surface area contributed by atoms with Gasteiger partial charge in [-0.2, -0.15) is 0 Å². The second-order valence-corrected chi connectivity index (χ2v) is 7.24. The molecule has 0 amide bonds. The Balaban J connectivity index is 2.04. The topological polar surface area (TPSA) is 12.0 Å². The monoisotopic (exact) mass is 351 g/mol. The molecule has 0 aliphatic heterocycles. The maximum Gasteiger partial charge on any atom is 0.0467 e. The Kier molecular flexibility index (Phi) is 4.77. The van der Waals surface area contributed by atoms with Crippen LogP contribution < -0.4 is 5.32 Å². The van der Waals surface area contributed by atoms with Crippen molar-refractivity contribution in [3.8, 4) is 0 Å². The van der Waals surface area contributed by atoms with Crippen LogP contribution in [-0.4, -0.2) is 0 Å². The van der Waals surface area contributed by atoms with Gasteiger partial charge in [0.2, 0.25) is 0 Å². The molecule has 0 fully saturated rings. The van der Waals surface area contributed by atoms with Crippen molar-refractivity contribution in [2.45, 2.75) is 32.7 Å². The Bertz CT molecular complexity index is 585. The van der Waals surface area contributed by atoms with Crippen molar-refractivity contribution in [3.63, 3.8) is 0 Å². The summed E-state index contributed by atoms with van der Waals surface area (Å²) in [5.41, 5.74) is 3.73. The first kappa shape index (κ1) is 15.4. The first-order valence-corrected chi connectivity index (χ1v) is 7.82. The van der Waals surface area contributed by atoms with E-state index < -0.39 is 0 Å². The van der Waals surface area contributed by atoms with E-state index in [1.807, 2.05) is 18.2 Å². The molecule has 2 rings (SSSR count). The number of benzene rings is 2. The van der Waals surface area contributed by atoms with Gasteiger partial charge in [0.15, 0.2) is 0 Å². The van der Waals surface area contributed by atoms with Crippen LogP contribution in [-0.2, 0) is 12.0 Å². The van der Waals surface area contributed by atoms with E-state index in [2.05, 4.69) is 66.3 Å². The predicted octanol–water partition coefficient (Wildman–Crippen LogP) is 6.01. The Morgan fingerprint density at radius 3 is 2.25 bits per heavy atom. The first-order chi connectivity index (χ1) is 9.36. The summed E-state index contributed by atoms with van der Waals surface area (Å²) in [5, 5.41) is 4.18. The van der Waals surface area contributed by atoms with Gasteiger partial charge >= 0.3 is 0 Å². The van der Waals surface area contributed by atoms with Crippen LogP contribution >= 0.6 is 27.5 Å². The number of hydrogen-bond acceptors (Lipinski definition) is 1. The van der Waals surface area contributed by atoms with Crippen LogP contribution in [0.1, 0.15) is 31.9 Å². The summed E-state index contributed by atoms with van der Waals surface area (Å²) in [6, 6.07) is 14.5. The number of halogens is 2. The number of nitrogens with one attached hydrogen (secondary N) is 1. The second-order valence-electron chi connectivity index (χ2n) is 5.92. The molecule has 20 heavy (non-hydrogen) atoms. The fourth-order valence-corrected chi connectivity index (χ4v) is 2.69. The zero-order valence-corrected chi connectivity index (χ0v) is 14.3. The lowest BCUT2D eigenvalue weighted by Crippen LogP contribution is -2.10. The lowest BCUT2D eigenvalue weighted by Gasteiger charge is -2.19. The molecule has 1 nitrogen and oxygen atoms in total. The van der Waals surface area contributed by atoms with Gasteiger partial charge in [-0.3, -0.25) is 0 Å². The minimum Gasteiger partial charge on any atom is -0.381 e. The van der Waals surface area contributed by atoms with Crippen LogP contribution in [0.5, 0.6) is 0 Å². The van der Waals surface area contributed by atoms with E-state index in [4.69, 9.17) is 11.6 Å². The molecular weight excluding hydrogens is 334 g/mol. The molecule has 0 radical (unpaired) electrons. The van der Waals surface area contributed by atoms with Gasteiger partial charge in [-0.05, 0) is 40.8 Å². The lowest BCUT2D eigenvalue weighted by molar-refractivity contribution is 0.590. The summed E-state index contributed by atoms with van der Waals surface area (Å²) in [6.45, 7) is 7.38. The number of hydrogen-bond donors (Lipinski definition) is 1. The van der Waals surface area contributed by atoms with Gasteiger partial charge in [-0.25, -0.2) is 0 Å². The van der Waals surface area contributed by atoms with E-state index in [0.29, 0.717) is 0 Å². The van der Waals surface area contributed by atoms with Gasteiger partial charge in [0.25, 0.3) is 0 Å². The molecule has 0 bridgehead atoms. The molecule has 2 aromatic rings. The minimum atomic E-state index is 0.188. The average molecular weight is 353 g/mol. The Morgan fingerprint density at radius 1 is 1.05 bits per heavy atom. The molecule has 0 aliphatic carbocycles. The van der Waals surface area contributed by atoms with Gasteiger partial charge in [0.1, 0.15) is 0 Å². The molecule has 3 heteroatoms. The largest absolute Gasteiger partial charge is 0.381 e. The second kappa shape index (κ2) is 6.19. The van der Waals surface area contributed by atoms with Gasteiger partial charge in [0, 0.05) is 21.7 Å². The van der Waals surface area contributed by atoms with E-state index in [1.165, 1.54) is 5.56 Å². The summed E-state index contributed by atoms with van der Waals surface area (Å²) < 4.78 is 1.00. The fraction of sp³-hybridized carbons (Fsp3) is 0.294. The Hall–Kier alpha value is -0.990. The smallest absolute Gasteiger partial charge is 0.0467 e. The molecule has 1 N–H and O–H groups in total. The van der Waals surface area contributed by atoms with Crippen LogP contribution in [0.3, 0.4) is 0 Å². The average Bonchev–Trinajstić information content (AvgIpc) is 2.37. The van der Waals surface area contributed by atoms with Gasteiger partial charge < -0.3 is 5.32 Å². The molecule has 0 atom stereocenters. The van der Waals surface area contributed by atoms with Crippen LogP contribution in [0.4, 0.5) is 5.69 Å². The molecule has 0 aliphatic rings. The molecule has 0 unspecified atom stereocenters. The quantitative estimate of drug-likeness (QED) is 0.713. The first-order valence-electron chi connectivity index (χ1n) is 6.64. The lowest BCUT2D eigenvalue weighted by atomic mass is 9.87. The van der Waals surface area contributed by atoms with E-state index in [0.717, 1.165) is 27.3 Å². The standard InChI is InChI=1S/C17H19BrClN/c1-17(2,3)13-5-8-15(9-6-13)20-11-12-4-7-14(18)10-16(12)19/h4-10,20H,11H2,1-3H3. The molecule has 106 valence electrons. The highest BCUT2D eigenvalue weighted by Gasteiger charge is 2.12. The van der Waals surface area contributed by atoms with E-state index in [1.54, 1.807) is 0 Å². The minimum absolute atomic E-state index is 0.188. The highest BCUT2D eigenvalue weighted by molar-refractivity contribution is 9.10. The normalized spacial score (nSPS) is 11.4. The summed E-state index contributed by atoms with van der Waals surface area (Å²) in [4.78, 5) is 0. The third kappa shape index (κ3) is 4.00. The SMILES string of the molecule is CC(C)(C)c1ccc(NCc2ccc(Br)cc2Cl)cc1.